The summed E-state index contributed by atoms with van der Waals surface area (Å²) in [5, 5.41) is 0.595. The third-order valence-corrected chi connectivity index (χ3v) is 5.54. The van der Waals surface area contributed by atoms with Gasteiger partial charge in [0.05, 0.1) is 5.39 Å². The first-order valence-electron chi connectivity index (χ1n) is 8.65. The summed E-state index contributed by atoms with van der Waals surface area (Å²) in [6, 6.07) is 5.79. The van der Waals surface area contributed by atoms with E-state index in [2.05, 4.69) is 9.97 Å². The molecule has 3 rings (SSSR count). The number of fused-ring (bicyclic) bond motifs is 1. The lowest BCUT2D eigenvalue weighted by Crippen LogP contribution is -2.20. The van der Waals surface area contributed by atoms with Crippen molar-refractivity contribution in [3.63, 3.8) is 0 Å². The molecular weight excluding hydrogens is 364 g/mol. The molecule has 0 aliphatic heterocycles. The zero-order chi connectivity index (χ0) is 19.7. The predicted octanol–water partition coefficient (Wildman–Crippen LogP) is 3.90. The Kier molecular flexibility index (Phi) is 5.32. The van der Waals surface area contributed by atoms with Gasteiger partial charge in [0.25, 0.3) is 5.56 Å². The molecule has 6 nitrogen and oxygen atoms in total. The second-order valence-electron chi connectivity index (χ2n) is 6.60. The summed E-state index contributed by atoms with van der Waals surface area (Å²) in [5.41, 5.74) is 2.71. The van der Waals surface area contributed by atoms with Gasteiger partial charge in [-0.1, -0.05) is 12.1 Å². The molecule has 1 N–H and O–H groups in total. The van der Waals surface area contributed by atoms with E-state index in [1.807, 2.05) is 45.9 Å². The minimum absolute atomic E-state index is 0.210. The van der Waals surface area contributed by atoms with Crippen LogP contribution < -0.4 is 10.3 Å². The highest BCUT2D eigenvalue weighted by molar-refractivity contribution is 7.18. The standard InChI is InChI=1S/C20H22N2O4S/c1-10-6-7-11(2)15(8-10)25-9-16(23)26-13(4)18-21-19(24)17-12(3)14(5)27-20(17)22-18/h6-8,13H,9H2,1-5H3,(H,21,22,24)/t13-/m1/s1. The number of H-pyrrole nitrogens is 1. The molecule has 2 heterocycles. The number of nitrogens with zero attached hydrogens (tertiary/aromatic N) is 1. The fourth-order valence-electron chi connectivity index (χ4n) is 2.75. The number of carbonyl (C=O) groups is 1. The lowest BCUT2D eigenvalue weighted by molar-refractivity contribution is -0.151. The van der Waals surface area contributed by atoms with Gasteiger partial charge in [-0.15, -0.1) is 11.3 Å². The SMILES string of the molecule is Cc1ccc(C)c(OCC(=O)O[C@H](C)c2nc3sc(C)c(C)c3c(=O)[nH]2)c1. The number of thiophene rings is 1. The van der Waals surface area contributed by atoms with Gasteiger partial charge in [-0.25, -0.2) is 9.78 Å². The predicted molar refractivity (Wildman–Crippen MR) is 106 cm³/mol. The van der Waals surface area contributed by atoms with E-state index in [9.17, 15) is 9.59 Å². The van der Waals surface area contributed by atoms with Crippen molar-refractivity contribution in [2.75, 3.05) is 6.61 Å². The summed E-state index contributed by atoms with van der Waals surface area (Å²) >= 11 is 1.46. The summed E-state index contributed by atoms with van der Waals surface area (Å²) in [5.74, 6) is 0.454. The molecule has 142 valence electrons. The Morgan fingerprint density at radius 2 is 2.00 bits per heavy atom. The van der Waals surface area contributed by atoms with Gasteiger partial charge >= 0.3 is 5.97 Å². The minimum atomic E-state index is -0.681. The molecule has 7 heteroatoms. The van der Waals surface area contributed by atoms with Crippen LogP contribution >= 0.6 is 11.3 Å². The number of hydrogen-bond acceptors (Lipinski definition) is 6. The molecule has 0 aliphatic carbocycles. The van der Waals surface area contributed by atoms with E-state index < -0.39 is 12.1 Å². The Bertz CT molecular complexity index is 1070. The number of aromatic nitrogens is 2. The number of esters is 1. The van der Waals surface area contributed by atoms with E-state index >= 15 is 0 Å². The number of aromatic amines is 1. The molecule has 0 saturated carbocycles. The molecule has 0 aliphatic rings. The van der Waals surface area contributed by atoms with Crippen LogP contribution in [0.3, 0.4) is 0 Å². The Balaban J connectivity index is 1.70. The Hall–Kier alpha value is -2.67. The summed E-state index contributed by atoms with van der Waals surface area (Å²) < 4.78 is 10.9. The third kappa shape index (κ3) is 4.03. The van der Waals surface area contributed by atoms with Gasteiger partial charge in [0.2, 0.25) is 0 Å². The van der Waals surface area contributed by atoms with Gasteiger partial charge < -0.3 is 14.5 Å². The second kappa shape index (κ2) is 7.52. The zero-order valence-corrected chi connectivity index (χ0v) is 16.8. The molecule has 0 saturated heterocycles. The number of carbonyl (C=O) groups excluding carboxylic acids is 1. The Morgan fingerprint density at radius 3 is 2.74 bits per heavy atom. The molecule has 0 bridgehead atoms. The van der Waals surface area contributed by atoms with Gasteiger partial charge in [0.15, 0.2) is 18.5 Å². The van der Waals surface area contributed by atoms with Crippen LogP contribution in [0, 0.1) is 27.7 Å². The largest absolute Gasteiger partial charge is 0.482 e. The topological polar surface area (TPSA) is 81.3 Å². The van der Waals surface area contributed by atoms with Crippen molar-refractivity contribution < 1.29 is 14.3 Å². The highest BCUT2D eigenvalue weighted by atomic mass is 32.1. The highest BCUT2D eigenvalue weighted by Gasteiger charge is 2.18. The van der Waals surface area contributed by atoms with E-state index in [-0.39, 0.29) is 12.2 Å². The van der Waals surface area contributed by atoms with E-state index in [1.165, 1.54) is 11.3 Å². The molecule has 2 aromatic heterocycles. The van der Waals surface area contributed by atoms with Gasteiger partial charge in [0.1, 0.15) is 10.6 Å². The summed E-state index contributed by atoms with van der Waals surface area (Å²) in [4.78, 5) is 33.4. The van der Waals surface area contributed by atoms with Crippen molar-refractivity contribution in [1.82, 2.24) is 9.97 Å². The van der Waals surface area contributed by atoms with Crippen molar-refractivity contribution in [2.45, 2.75) is 40.7 Å². The van der Waals surface area contributed by atoms with Crippen molar-refractivity contribution in [3.8, 4) is 5.75 Å². The van der Waals surface area contributed by atoms with Crippen LogP contribution in [-0.2, 0) is 9.53 Å². The molecule has 3 aromatic rings. The van der Waals surface area contributed by atoms with Crippen LogP contribution in [0.5, 0.6) is 5.75 Å². The fraction of sp³-hybridized carbons (Fsp3) is 0.350. The average Bonchev–Trinajstić information content (AvgIpc) is 2.90. The van der Waals surface area contributed by atoms with Crippen molar-refractivity contribution in [3.05, 3.63) is 55.9 Å². The summed E-state index contributed by atoms with van der Waals surface area (Å²) in [7, 11) is 0. The summed E-state index contributed by atoms with van der Waals surface area (Å²) in [6.07, 6.45) is -0.681. The van der Waals surface area contributed by atoms with Crippen LogP contribution in [0.15, 0.2) is 23.0 Å². The normalized spacial score (nSPS) is 12.2. The quantitative estimate of drug-likeness (QED) is 0.673. The van der Waals surface area contributed by atoms with E-state index in [0.29, 0.717) is 21.8 Å². The molecule has 27 heavy (non-hydrogen) atoms. The first-order chi connectivity index (χ1) is 12.8. The van der Waals surface area contributed by atoms with Crippen LogP contribution in [0.4, 0.5) is 0 Å². The Labute approximate surface area is 161 Å². The van der Waals surface area contributed by atoms with E-state index in [4.69, 9.17) is 9.47 Å². The van der Waals surface area contributed by atoms with Gasteiger partial charge in [-0.2, -0.15) is 0 Å². The molecule has 1 aromatic carbocycles. The minimum Gasteiger partial charge on any atom is -0.482 e. The summed E-state index contributed by atoms with van der Waals surface area (Å²) in [6.45, 7) is 9.19. The lowest BCUT2D eigenvalue weighted by atomic mass is 10.1. The number of ether oxygens (including phenoxy) is 2. The van der Waals surface area contributed by atoms with Crippen LogP contribution in [0.25, 0.3) is 10.2 Å². The van der Waals surface area contributed by atoms with E-state index in [1.54, 1.807) is 6.92 Å². The number of benzene rings is 1. The smallest absolute Gasteiger partial charge is 0.344 e. The monoisotopic (exact) mass is 386 g/mol. The molecule has 0 radical (unpaired) electrons. The zero-order valence-electron chi connectivity index (χ0n) is 16.0. The van der Waals surface area contributed by atoms with Crippen LogP contribution in [0.1, 0.15) is 40.4 Å². The van der Waals surface area contributed by atoms with Crippen molar-refractivity contribution in [2.24, 2.45) is 0 Å². The fourth-order valence-corrected chi connectivity index (χ4v) is 3.79. The van der Waals surface area contributed by atoms with Crippen LogP contribution in [-0.4, -0.2) is 22.5 Å². The Morgan fingerprint density at radius 1 is 1.26 bits per heavy atom. The van der Waals surface area contributed by atoms with Gasteiger partial charge in [0, 0.05) is 4.88 Å². The molecule has 1 atom stereocenters. The number of nitrogens with one attached hydrogen (secondary N) is 1. The van der Waals surface area contributed by atoms with Gasteiger partial charge in [-0.05, 0) is 57.4 Å². The second-order valence-corrected chi connectivity index (χ2v) is 7.81. The number of hydrogen-bond donors (Lipinski definition) is 1. The first-order valence-corrected chi connectivity index (χ1v) is 9.47. The number of rotatable bonds is 5. The molecule has 0 fully saturated rings. The molecule has 0 unspecified atom stereocenters. The highest BCUT2D eigenvalue weighted by Crippen LogP contribution is 2.27. The third-order valence-electron chi connectivity index (χ3n) is 4.44. The molecular formula is C20H22N2O4S. The number of aryl methyl sites for hydroxylation is 4. The van der Waals surface area contributed by atoms with Crippen molar-refractivity contribution >= 4 is 27.5 Å². The van der Waals surface area contributed by atoms with Gasteiger partial charge in [-0.3, -0.25) is 4.79 Å². The molecule has 0 amide bonds. The first kappa shape index (κ1) is 19.1. The van der Waals surface area contributed by atoms with Crippen molar-refractivity contribution in [1.29, 1.82) is 0 Å². The van der Waals surface area contributed by atoms with Crippen LogP contribution in [0.2, 0.25) is 0 Å². The van der Waals surface area contributed by atoms with E-state index in [0.717, 1.165) is 21.6 Å². The lowest BCUT2D eigenvalue weighted by Gasteiger charge is -2.14. The molecule has 0 spiro atoms. The average molecular weight is 386 g/mol. The maximum Gasteiger partial charge on any atom is 0.344 e. The maximum atomic E-state index is 12.3. The maximum absolute atomic E-state index is 12.3.